The van der Waals surface area contributed by atoms with Crippen molar-refractivity contribution in [1.82, 2.24) is 15.5 Å². The Morgan fingerprint density at radius 2 is 2.16 bits per heavy atom. The van der Waals surface area contributed by atoms with E-state index in [1.165, 1.54) is 9.88 Å². The lowest BCUT2D eigenvalue weighted by atomic mass is 9.98. The molecule has 19 heavy (non-hydrogen) atoms. The number of nitrogens with one attached hydrogen (secondary N) is 1. The van der Waals surface area contributed by atoms with Crippen LogP contribution in [0.1, 0.15) is 55.1 Å². The van der Waals surface area contributed by atoms with E-state index in [1.54, 1.807) is 17.5 Å². The van der Waals surface area contributed by atoms with Gasteiger partial charge in [-0.15, -0.1) is 11.3 Å². The third-order valence-corrected chi connectivity index (χ3v) is 4.71. The third-order valence-electron chi connectivity index (χ3n) is 2.94. The summed E-state index contributed by atoms with van der Waals surface area (Å²) in [6, 6.07) is 2.14. The monoisotopic (exact) mass is 279 g/mol. The molecule has 0 radical (unpaired) electrons. The molecule has 2 aromatic rings. The normalized spacial score (nSPS) is 13.7. The number of thiazole rings is 1. The van der Waals surface area contributed by atoms with Crippen LogP contribution in [-0.4, -0.2) is 10.1 Å². The quantitative estimate of drug-likeness (QED) is 0.929. The Balaban J connectivity index is 2.06. The van der Waals surface area contributed by atoms with E-state index in [0.717, 1.165) is 11.5 Å². The number of hydrogen-bond acceptors (Lipinski definition) is 5. The highest BCUT2D eigenvalue weighted by Gasteiger charge is 2.22. The number of nitrogens with zero attached hydrogens (tertiary/aromatic N) is 2. The summed E-state index contributed by atoms with van der Waals surface area (Å²) in [6.45, 7) is 11.5. The first-order valence-corrected chi connectivity index (χ1v) is 7.30. The van der Waals surface area contributed by atoms with Crippen molar-refractivity contribution < 1.29 is 4.52 Å². The molecule has 0 fully saturated rings. The standard InChI is InChI=1S/C14H21N3OS/c1-9(15-8-11-6-7-16-18-11)12-10(2)17-13(19-12)14(3,4)5/h6-7,9,15H,8H2,1-5H3. The van der Waals surface area contributed by atoms with Crippen molar-refractivity contribution in [2.24, 2.45) is 0 Å². The average molecular weight is 279 g/mol. The molecule has 0 spiro atoms. The van der Waals surface area contributed by atoms with Crippen LogP contribution < -0.4 is 5.32 Å². The number of rotatable bonds is 4. The molecule has 2 rings (SSSR count). The second-order valence-electron chi connectivity index (χ2n) is 5.80. The molecule has 104 valence electrons. The molecule has 2 aromatic heterocycles. The van der Waals surface area contributed by atoms with Crippen molar-refractivity contribution in [2.45, 2.75) is 52.6 Å². The highest BCUT2D eigenvalue weighted by atomic mass is 32.1. The van der Waals surface area contributed by atoms with E-state index in [1.807, 2.05) is 6.07 Å². The second-order valence-corrected chi connectivity index (χ2v) is 6.83. The maximum Gasteiger partial charge on any atom is 0.150 e. The Hall–Kier alpha value is -1.20. The molecule has 4 nitrogen and oxygen atoms in total. The van der Waals surface area contributed by atoms with E-state index in [-0.39, 0.29) is 11.5 Å². The van der Waals surface area contributed by atoms with E-state index in [9.17, 15) is 0 Å². The molecular formula is C14H21N3OS. The lowest BCUT2D eigenvalue weighted by Gasteiger charge is -2.14. The number of aromatic nitrogens is 2. The fraction of sp³-hybridized carbons (Fsp3) is 0.571. The largest absolute Gasteiger partial charge is 0.360 e. The van der Waals surface area contributed by atoms with Crippen LogP contribution in [0.4, 0.5) is 0 Å². The van der Waals surface area contributed by atoms with Gasteiger partial charge in [0, 0.05) is 22.4 Å². The van der Waals surface area contributed by atoms with Crippen LogP contribution >= 0.6 is 11.3 Å². The zero-order chi connectivity index (χ0) is 14.0. The molecule has 0 aromatic carbocycles. The topological polar surface area (TPSA) is 51.0 Å². The van der Waals surface area contributed by atoms with Crippen LogP contribution in [-0.2, 0) is 12.0 Å². The molecular weight excluding hydrogens is 258 g/mol. The Kier molecular flexibility index (Phi) is 4.06. The molecule has 0 bridgehead atoms. The molecule has 0 aliphatic heterocycles. The Labute approximate surface area is 118 Å². The van der Waals surface area contributed by atoms with Gasteiger partial charge in [0.05, 0.1) is 23.4 Å². The predicted octanol–water partition coefficient (Wildman–Crippen LogP) is 3.59. The van der Waals surface area contributed by atoms with E-state index < -0.39 is 0 Å². The van der Waals surface area contributed by atoms with Crippen molar-refractivity contribution in [3.05, 3.63) is 33.6 Å². The van der Waals surface area contributed by atoms with Gasteiger partial charge in [0.15, 0.2) is 0 Å². The van der Waals surface area contributed by atoms with Gasteiger partial charge in [0.2, 0.25) is 0 Å². The second kappa shape index (κ2) is 5.43. The van der Waals surface area contributed by atoms with E-state index in [0.29, 0.717) is 6.54 Å². The number of aryl methyl sites for hydroxylation is 1. The number of hydrogen-bond donors (Lipinski definition) is 1. The zero-order valence-electron chi connectivity index (χ0n) is 12.2. The summed E-state index contributed by atoms with van der Waals surface area (Å²) in [5, 5.41) is 8.33. The van der Waals surface area contributed by atoms with Crippen LogP contribution in [0.25, 0.3) is 0 Å². The van der Waals surface area contributed by atoms with Gasteiger partial charge in [0.25, 0.3) is 0 Å². The Morgan fingerprint density at radius 3 is 2.68 bits per heavy atom. The van der Waals surface area contributed by atoms with Crippen molar-refractivity contribution in [1.29, 1.82) is 0 Å². The average Bonchev–Trinajstić information content (AvgIpc) is 2.93. The van der Waals surface area contributed by atoms with Gasteiger partial charge in [-0.2, -0.15) is 0 Å². The van der Waals surface area contributed by atoms with Gasteiger partial charge in [-0.25, -0.2) is 4.98 Å². The van der Waals surface area contributed by atoms with Crippen molar-refractivity contribution >= 4 is 11.3 Å². The van der Waals surface area contributed by atoms with Crippen LogP contribution in [0.15, 0.2) is 16.8 Å². The van der Waals surface area contributed by atoms with Crippen LogP contribution in [0.5, 0.6) is 0 Å². The minimum Gasteiger partial charge on any atom is -0.360 e. The van der Waals surface area contributed by atoms with Crippen molar-refractivity contribution in [2.75, 3.05) is 0 Å². The van der Waals surface area contributed by atoms with Crippen LogP contribution in [0.3, 0.4) is 0 Å². The molecule has 0 saturated heterocycles. The summed E-state index contributed by atoms with van der Waals surface area (Å²) < 4.78 is 5.08. The van der Waals surface area contributed by atoms with E-state index >= 15 is 0 Å². The summed E-state index contributed by atoms with van der Waals surface area (Å²) >= 11 is 1.79. The van der Waals surface area contributed by atoms with Crippen LogP contribution in [0.2, 0.25) is 0 Å². The maximum atomic E-state index is 5.08. The molecule has 5 heteroatoms. The lowest BCUT2D eigenvalue weighted by molar-refractivity contribution is 0.366. The summed E-state index contributed by atoms with van der Waals surface area (Å²) in [5.74, 6) is 0.852. The molecule has 0 aliphatic rings. The third kappa shape index (κ3) is 3.42. The van der Waals surface area contributed by atoms with Gasteiger partial charge in [-0.1, -0.05) is 25.9 Å². The Bertz CT molecular complexity index is 525. The highest BCUT2D eigenvalue weighted by molar-refractivity contribution is 7.12. The van der Waals surface area contributed by atoms with Gasteiger partial charge >= 0.3 is 0 Å². The van der Waals surface area contributed by atoms with E-state index in [4.69, 9.17) is 9.51 Å². The van der Waals surface area contributed by atoms with Crippen molar-refractivity contribution in [3.63, 3.8) is 0 Å². The maximum absolute atomic E-state index is 5.08. The minimum atomic E-state index is 0.109. The highest BCUT2D eigenvalue weighted by Crippen LogP contribution is 2.32. The SMILES string of the molecule is Cc1nc(C(C)(C)C)sc1C(C)NCc1ccno1. The molecule has 0 aliphatic carbocycles. The van der Waals surface area contributed by atoms with Crippen molar-refractivity contribution in [3.8, 4) is 0 Å². The van der Waals surface area contributed by atoms with Gasteiger partial charge in [-0.3, -0.25) is 0 Å². The first-order chi connectivity index (χ1) is 8.88. The summed E-state index contributed by atoms with van der Waals surface area (Å²) in [7, 11) is 0. The molecule has 0 amide bonds. The molecule has 1 N–H and O–H groups in total. The summed E-state index contributed by atoms with van der Waals surface area (Å²) in [6.07, 6.45) is 1.66. The summed E-state index contributed by atoms with van der Waals surface area (Å²) in [4.78, 5) is 5.99. The minimum absolute atomic E-state index is 0.109. The molecule has 2 heterocycles. The summed E-state index contributed by atoms with van der Waals surface area (Å²) in [5.41, 5.74) is 1.23. The van der Waals surface area contributed by atoms with E-state index in [2.05, 4.69) is 45.1 Å². The van der Waals surface area contributed by atoms with Gasteiger partial charge in [0.1, 0.15) is 5.76 Å². The fourth-order valence-corrected chi connectivity index (χ4v) is 2.96. The zero-order valence-corrected chi connectivity index (χ0v) is 13.0. The Morgan fingerprint density at radius 1 is 1.42 bits per heavy atom. The molecule has 0 saturated carbocycles. The first-order valence-electron chi connectivity index (χ1n) is 6.48. The van der Waals surface area contributed by atoms with Gasteiger partial charge in [-0.05, 0) is 13.8 Å². The first kappa shape index (κ1) is 14.2. The van der Waals surface area contributed by atoms with Gasteiger partial charge < -0.3 is 9.84 Å². The molecule has 1 unspecified atom stereocenters. The fourth-order valence-electron chi connectivity index (χ4n) is 1.81. The predicted molar refractivity (Wildman–Crippen MR) is 77.3 cm³/mol. The molecule has 1 atom stereocenters. The van der Waals surface area contributed by atoms with Crippen LogP contribution in [0, 0.1) is 6.92 Å². The smallest absolute Gasteiger partial charge is 0.150 e. The lowest BCUT2D eigenvalue weighted by Crippen LogP contribution is -2.17.